The van der Waals surface area contributed by atoms with Crippen molar-refractivity contribution in [3.8, 4) is 0 Å². The summed E-state index contributed by atoms with van der Waals surface area (Å²) < 4.78 is 1.99. The molecule has 2 fully saturated rings. The van der Waals surface area contributed by atoms with Crippen LogP contribution < -0.4 is 4.90 Å². The number of hydrogen-bond acceptors (Lipinski definition) is 4. The summed E-state index contributed by atoms with van der Waals surface area (Å²) in [5.74, 6) is 0.277. The van der Waals surface area contributed by atoms with E-state index in [1.807, 2.05) is 4.68 Å². The smallest absolute Gasteiger partial charge is 0.356 e. The molecule has 0 bridgehead atoms. The Labute approximate surface area is 165 Å². The van der Waals surface area contributed by atoms with Crippen molar-refractivity contribution in [3.63, 3.8) is 0 Å². The van der Waals surface area contributed by atoms with Crippen molar-refractivity contribution < 1.29 is 9.90 Å². The molecule has 0 unspecified atom stereocenters. The van der Waals surface area contributed by atoms with Gasteiger partial charge in [0, 0.05) is 49.7 Å². The standard InChI is InChI=1S/C22H28N4O2/c1-14-4-3-5-18(15(14)2)25-9-6-24(7-10-25)8-11-26-19-13-16-12-17(16)20(19)21(23-26)22(27)28/h3-5,16-17H,6-13H2,1-2H3,(H,27,28)/t16-,17-/m1/s1. The van der Waals surface area contributed by atoms with Gasteiger partial charge in [-0.25, -0.2) is 4.79 Å². The molecule has 1 N–H and O–H groups in total. The lowest BCUT2D eigenvalue weighted by atomic mass is 10.1. The largest absolute Gasteiger partial charge is 0.476 e. The van der Waals surface area contributed by atoms with Crippen molar-refractivity contribution in [2.45, 2.75) is 39.2 Å². The molecule has 1 aromatic carbocycles. The van der Waals surface area contributed by atoms with Crippen LogP contribution in [0.15, 0.2) is 18.2 Å². The first-order valence-corrected chi connectivity index (χ1v) is 10.4. The first-order valence-electron chi connectivity index (χ1n) is 10.4. The van der Waals surface area contributed by atoms with E-state index in [4.69, 9.17) is 0 Å². The number of rotatable bonds is 5. The maximum atomic E-state index is 11.6. The van der Waals surface area contributed by atoms with Crippen molar-refractivity contribution in [1.82, 2.24) is 14.7 Å². The molecule has 2 atom stereocenters. The quantitative estimate of drug-likeness (QED) is 0.864. The summed E-state index contributed by atoms with van der Waals surface area (Å²) in [5, 5.41) is 14.0. The van der Waals surface area contributed by atoms with E-state index in [1.165, 1.54) is 22.5 Å². The number of carboxylic acids is 1. The fourth-order valence-electron chi connectivity index (χ4n) is 5.06. The highest BCUT2D eigenvalue weighted by molar-refractivity contribution is 5.88. The lowest BCUT2D eigenvalue weighted by Crippen LogP contribution is -2.47. The molecular formula is C22H28N4O2. The Morgan fingerprint density at radius 3 is 2.71 bits per heavy atom. The number of benzene rings is 1. The number of carbonyl (C=O) groups is 1. The second-order valence-electron chi connectivity index (χ2n) is 8.59. The van der Waals surface area contributed by atoms with Crippen molar-refractivity contribution in [1.29, 1.82) is 0 Å². The minimum atomic E-state index is -0.871. The predicted octanol–water partition coefficient (Wildman–Crippen LogP) is 2.68. The van der Waals surface area contributed by atoms with Gasteiger partial charge in [-0.15, -0.1) is 0 Å². The second-order valence-corrected chi connectivity index (χ2v) is 8.59. The molecule has 1 aromatic heterocycles. The second kappa shape index (κ2) is 6.62. The summed E-state index contributed by atoms with van der Waals surface area (Å²) in [6.07, 6.45) is 2.17. The number of piperazine rings is 1. The molecule has 6 heteroatoms. The number of nitrogens with zero attached hydrogens (tertiary/aromatic N) is 4. The van der Waals surface area contributed by atoms with E-state index in [9.17, 15) is 9.90 Å². The van der Waals surface area contributed by atoms with Gasteiger partial charge in [0.2, 0.25) is 0 Å². The topological polar surface area (TPSA) is 61.6 Å². The highest BCUT2D eigenvalue weighted by Gasteiger charge is 2.50. The van der Waals surface area contributed by atoms with Crippen molar-refractivity contribution >= 4 is 11.7 Å². The van der Waals surface area contributed by atoms with Crippen LogP contribution >= 0.6 is 0 Å². The van der Waals surface area contributed by atoms with Gasteiger partial charge >= 0.3 is 5.97 Å². The molecule has 3 aliphatic rings. The molecule has 2 aromatic rings. The van der Waals surface area contributed by atoms with E-state index in [2.05, 4.69) is 46.9 Å². The summed E-state index contributed by atoms with van der Waals surface area (Å²) in [6.45, 7) is 10.2. The Morgan fingerprint density at radius 1 is 1.18 bits per heavy atom. The minimum Gasteiger partial charge on any atom is -0.476 e. The van der Waals surface area contributed by atoms with E-state index < -0.39 is 5.97 Å². The Kier molecular flexibility index (Phi) is 4.19. The summed E-state index contributed by atoms with van der Waals surface area (Å²) in [7, 11) is 0. The van der Waals surface area contributed by atoms with Gasteiger partial charge in [0.05, 0.1) is 6.54 Å². The van der Waals surface area contributed by atoms with Crippen LogP contribution in [-0.2, 0) is 13.0 Å². The van der Waals surface area contributed by atoms with Crippen molar-refractivity contribution in [2.24, 2.45) is 5.92 Å². The molecule has 1 saturated carbocycles. The number of aromatic nitrogens is 2. The fraction of sp³-hybridized carbons (Fsp3) is 0.545. The molecular weight excluding hydrogens is 352 g/mol. The maximum Gasteiger partial charge on any atom is 0.356 e. The zero-order valence-corrected chi connectivity index (χ0v) is 16.7. The number of aromatic carboxylic acids is 1. The van der Waals surface area contributed by atoms with E-state index in [0.717, 1.165) is 57.7 Å². The Balaban J connectivity index is 1.22. The third-order valence-electron chi connectivity index (χ3n) is 6.97. The highest BCUT2D eigenvalue weighted by Crippen LogP contribution is 2.57. The van der Waals surface area contributed by atoms with Gasteiger partial charge in [-0.1, -0.05) is 12.1 Å². The average molecular weight is 380 g/mol. The number of carboxylic acid groups (broad SMARTS) is 1. The van der Waals surface area contributed by atoms with Crippen LogP contribution in [0.1, 0.15) is 45.2 Å². The minimum absolute atomic E-state index is 0.305. The van der Waals surface area contributed by atoms with Crippen LogP contribution in [0.4, 0.5) is 5.69 Å². The molecule has 0 spiro atoms. The molecule has 2 aliphatic carbocycles. The number of fused-ring (bicyclic) bond motifs is 3. The molecule has 1 saturated heterocycles. The van der Waals surface area contributed by atoms with Crippen LogP contribution in [0, 0.1) is 19.8 Å². The van der Waals surface area contributed by atoms with Crippen LogP contribution in [-0.4, -0.2) is 58.5 Å². The molecule has 2 heterocycles. The first kappa shape index (κ1) is 17.7. The Hall–Kier alpha value is -2.34. The molecule has 6 nitrogen and oxygen atoms in total. The summed E-state index contributed by atoms with van der Waals surface area (Å²) in [6, 6.07) is 6.55. The van der Waals surface area contributed by atoms with Gasteiger partial charge in [-0.3, -0.25) is 9.58 Å². The lowest BCUT2D eigenvalue weighted by Gasteiger charge is -2.37. The van der Waals surface area contributed by atoms with Gasteiger partial charge in [0.25, 0.3) is 0 Å². The van der Waals surface area contributed by atoms with Crippen molar-refractivity contribution in [3.05, 3.63) is 46.3 Å². The normalized spacial score (nSPS) is 23.6. The van der Waals surface area contributed by atoms with Crippen LogP contribution in [0.5, 0.6) is 0 Å². The van der Waals surface area contributed by atoms with Gasteiger partial charge in [-0.05, 0) is 55.7 Å². The van der Waals surface area contributed by atoms with E-state index >= 15 is 0 Å². The van der Waals surface area contributed by atoms with Gasteiger partial charge in [0.15, 0.2) is 5.69 Å². The predicted molar refractivity (Wildman–Crippen MR) is 108 cm³/mol. The van der Waals surface area contributed by atoms with Crippen LogP contribution in [0.2, 0.25) is 0 Å². The highest BCUT2D eigenvalue weighted by atomic mass is 16.4. The SMILES string of the molecule is Cc1cccc(N2CCN(CCn3nc(C(=O)O)c4c3C[C@H]3C[C@@H]43)CC2)c1C. The third kappa shape index (κ3) is 2.91. The monoisotopic (exact) mass is 380 g/mol. The van der Waals surface area contributed by atoms with E-state index in [0.29, 0.717) is 17.5 Å². The van der Waals surface area contributed by atoms with Gasteiger partial charge < -0.3 is 10.0 Å². The lowest BCUT2D eigenvalue weighted by molar-refractivity contribution is 0.0688. The van der Waals surface area contributed by atoms with E-state index in [1.54, 1.807) is 0 Å². The molecule has 1 aliphatic heterocycles. The molecule has 0 radical (unpaired) electrons. The summed E-state index contributed by atoms with van der Waals surface area (Å²) in [5.41, 5.74) is 6.61. The molecule has 28 heavy (non-hydrogen) atoms. The number of anilines is 1. The third-order valence-corrected chi connectivity index (χ3v) is 6.97. The summed E-state index contributed by atoms with van der Waals surface area (Å²) >= 11 is 0. The number of hydrogen-bond donors (Lipinski definition) is 1. The fourth-order valence-corrected chi connectivity index (χ4v) is 5.06. The molecule has 0 amide bonds. The Morgan fingerprint density at radius 2 is 1.96 bits per heavy atom. The molecule has 5 rings (SSSR count). The summed E-state index contributed by atoms with van der Waals surface area (Å²) in [4.78, 5) is 16.5. The average Bonchev–Trinajstić information content (AvgIpc) is 3.20. The van der Waals surface area contributed by atoms with E-state index in [-0.39, 0.29) is 0 Å². The van der Waals surface area contributed by atoms with Gasteiger partial charge in [0.1, 0.15) is 0 Å². The first-order chi connectivity index (χ1) is 13.5. The maximum absolute atomic E-state index is 11.6. The van der Waals surface area contributed by atoms with Crippen LogP contribution in [0.25, 0.3) is 0 Å². The Bertz CT molecular complexity index is 927. The van der Waals surface area contributed by atoms with Gasteiger partial charge in [-0.2, -0.15) is 5.10 Å². The molecule has 148 valence electrons. The zero-order chi connectivity index (χ0) is 19.4. The number of aryl methyl sites for hydroxylation is 1. The van der Waals surface area contributed by atoms with Crippen LogP contribution in [0.3, 0.4) is 0 Å². The zero-order valence-electron chi connectivity index (χ0n) is 16.7. The van der Waals surface area contributed by atoms with Crippen molar-refractivity contribution in [2.75, 3.05) is 37.6 Å².